The molecular formula is C27H28F3N7O. The van der Waals surface area contributed by atoms with Gasteiger partial charge in [-0.25, -0.2) is 9.48 Å². The maximum atomic E-state index is 13.4. The van der Waals surface area contributed by atoms with Crippen LogP contribution >= 0.6 is 0 Å². The highest BCUT2D eigenvalue weighted by molar-refractivity contribution is 5.91. The van der Waals surface area contributed by atoms with Crippen LogP contribution < -0.4 is 10.6 Å². The van der Waals surface area contributed by atoms with E-state index >= 15 is 0 Å². The van der Waals surface area contributed by atoms with Crippen molar-refractivity contribution in [2.45, 2.75) is 25.6 Å². The first kappa shape index (κ1) is 25.5. The summed E-state index contributed by atoms with van der Waals surface area (Å²) in [7, 11) is 1.81. The number of alkyl halides is 3. The molecule has 0 aliphatic carbocycles. The zero-order valence-electron chi connectivity index (χ0n) is 21.0. The second-order valence-corrected chi connectivity index (χ2v) is 9.42. The minimum absolute atomic E-state index is 0.0435. The Bertz CT molecular complexity index is 1430. The first-order valence-corrected chi connectivity index (χ1v) is 12.3. The number of aromatic nitrogens is 4. The number of amides is 2. The van der Waals surface area contributed by atoms with Gasteiger partial charge in [-0.1, -0.05) is 42.5 Å². The summed E-state index contributed by atoms with van der Waals surface area (Å²) in [5, 5.41) is 14.8. The van der Waals surface area contributed by atoms with Crippen LogP contribution in [0.25, 0.3) is 16.9 Å². The first-order valence-electron chi connectivity index (χ1n) is 12.3. The number of rotatable bonds is 5. The highest BCUT2D eigenvalue weighted by Gasteiger charge is 2.34. The Morgan fingerprint density at radius 1 is 1.11 bits per heavy atom. The summed E-state index contributed by atoms with van der Waals surface area (Å²) in [6, 6.07) is 15.7. The van der Waals surface area contributed by atoms with Crippen molar-refractivity contribution in [1.29, 1.82) is 0 Å². The lowest BCUT2D eigenvalue weighted by molar-refractivity contribution is -0.146. The molecule has 0 bridgehead atoms. The lowest BCUT2D eigenvalue weighted by Gasteiger charge is -2.26. The van der Waals surface area contributed by atoms with Crippen LogP contribution in [0.3, 0.4) is 0 Å². The predicted octanol–water partition coefficient (Wildman–Crippen LogP) is 4.86. The number of hydrogen-bond acceptors (Lipinski definition) is 4. The molecule has 38 heavy (non-hydrogen) atoms. The molecule has 1 unspecified atom stereocenters. The molecule has 0 radical (unpaired) electrons. The summed E-state index contributed by atoms with van der Waals surface area (Å²) < 4.78 is 43.0. The van der Waals surface area contributed by atoms with Crippen molar-refractivity contribution in [1.82, 2.24) is 29.8 Å². The van der Waals surface area contributed by atoms with Gasteiger partial charge in [0.1, 0.15) is 11.5 Å². The maximum absolute atomic E-state index is 13.4. The molecule has 0 saturated carbocycles. The van der Waals surface area contributed by atoms with Crippen molar-refractivity contribution in [2.24, 2.45) is 7.05 Å². The number of anilines is 1. The average Bonchev–Trinajstić information content (AvgIpc) is 3.39. The fraction of sp³-hybridized carbons (Fsp3) is 0.296. The van der Waals surface area contributed by atoms with E-state index in [1.54, 1.807) is 15.6 Å². The Balaban J connectivity index is 1.45. The van der Waals surface area contributed by atoms with Crippen LogP contribution in [0.15, 0.2) is 67.0 Å². The molecule has 2 N–H and O–H groups in total. The lowest BCUT2D eigenvalue weighted by atomic mass is 10.00. The summed E-state index contributed by atoms with van der Waals surface area (Å²) in [6.45, 7) is 1.12. The normalized spacial score (nSPS) is 16.1. The van der Waals surface area contributed by atoms with Crippen LogP contribution in [0.1, 0.15) is 22.7 Å². The Labute approximate surface area is 218 Å². The first-order chi connectivity index (χ1) is 18.2. The minimum Gasteiger partial charge on any atom is -0.330 e. The molecule has 4 aromatic rings. The fourth-order valence-corrected chi connectivity index (χ4v) is 4.87. The van der Waals surface area contributed by atoms with E-state index in [1.807, 2.05) is 74.8 Å². The number of aryl methyl sites for hydroxylation is 1. The lowest BCUT2D eigenvalue weighted by Crippen LogP contribution is -2.42. The molecule has 2 amide bonds. The summed E-state index contributed by atoms with van der Waals surface area (Å²) in [5.74, 6) is 0.460. The number of benzene rings is 2. The van der Waals surface area contributed by atoms with Crippen LogP contribution in [0.2, 0.25) is 0 Å². The molecule has 2 aromatic carbocycles. The molecule has 1 aliphatic heterocycles. The van der Waals surface area contributed by atoms with Crippen molar-refractivity contribution in [3.8, 4) is 16.9 Å². The van der Waals surface area contributed by atoms with Gasteiger partial charge in [-0.3, -0.25) is 14.9 Å². The van der Waals surface area contributed by atoms with Gasteiger partial charge in [0.25, 0.3) is 0 Å². The smallest absolute Gasteiger partial charge is 0.330 e. The molecule has 198 valence electrons. The van der Waals surface area contributed by atoms with Crippen LogP contribution in [-0.2, 0) is 13.5 Å². The van der Waals surface area contributed by atoms with E-state index in [0.29, 0.717) is 17.9 Å². The number of carbonyl (C=O) groups excluding carboxylic acids is 1. The van der Waals surface area contributed by atoms with E-state index in [0.717, 1.165) is 27.9 Å². The Kier molecular flexibility index (Phi) is 6.94. The third-order valence-electron chi connectivity index (χ3n) is 6.61. The van der Waals surface area contributed by atoms with Gasteiger partial charge in [0.15, 0.2) is 0 Å². The number of nitrogens with one attached hydrogen (secondary N) is 2. The second kappa shape index (κ2) is 10.3. The largest absolute Gasteiger partial charge is 0.401 e. The average molecular weight is 524 g/mol. The number of fused-ring (bicyclic) bond motifs is 1. The standard InChI is InChI=1S/C27H28F3N7O/c1-18-24(20-14-31-35(2)15-20)34-37(21-9-4-3-5-10-21)25(18)33-26(38)32-23-16-36(17-27(28,29)30)13-12-19-8-6-7-11-22(19)23/h3-11,14-15,23H,12-13,16-17H2,1-2H3,(H2,32,33,38). The van der Waals surface area contributed by atoms with E-state index < -0.39 is 24.8 Å². The highest BCUT2D eigenvalue weighted by atomic mass is 19.4. The Morgan fingerprint density at radius 3 is 2.55 bits per heavy atom. The van der Waals surface area contributed by atoms with Gasteiger partial charge in [0, 0.05) is 37.5 Å². The van der Waals surface area contributed by atoms with E-state index in [-0.39, 0.29) is 13.1 Å². The van der Waals surface area contributed by atoms with E-state index in [4.69, 9.17) is 5.10 Å². The minimum atomic E-state index is -4.33. The van der Waals surface area contributed by atoms with Gasteiger partial charge < -0.3 is 5.32 Å². The van der Waals surface area contributed by atoms with Gasteiger partial charge in [-0.2, -0.15) is 23.4 Å². The monoisotopic (exact) mass is 523 g/mol. The number of nitrogens with zero attached hydrogens (tertiary/aromatic N) is 5. The van der Waals surface area contributed by atoms with Crippen molar-refractivity contribution in [3.05, 3.63) is 83.7 Å². The van der Waals surface area contributed by atoms with E-state index in [1.165, 1.54) is 4.90 Å². The van der Waals surface area contributed by atoms with Gasteiger partial charge in [0.05, 0.1) is 24.5 Å². The zero-order valence-corrected chi connectivity index (χ0v) is 21.0. The number of halogens is 3. The van der Waals surface area contributed by atoms with Crippen molar-refractivity contribution >= 4 is 11.8 Å². The Morgan fingerprint density at radius 2 is 1.84 bits per heavy atom. The number of carbonyl (C=O) groups is 1. The maximum Gasteiger partial charge on any atom is 0.401 e. The number of para-hydroxylation sites is 1. The van der Waals surface area contributed by atoms with Gasteiger partial charge in [-0.05, 0) is 36.6 Å². The van der Waals surface area contributed by atoms with E-state index in [9.17, 15) is 18.0 Å². The summed E-state index contributed by atoms with van der Waals surface area (Å²) in [6.07, 6.45) is -0.315. The molecule has 3 heterocycles. The van der Waals surface area contributed by atoms with Gasteiger partial charge in [-0.15, -0.1) is 0 Å². The van der Waals surface area contributed by atoms with Crippen LogP contribution in [0.4, 0.5) is 23.8 Å². The molecule has 1 aliphatic rings. The van der Waals surface area contributed by atoms with Crippen molar-refractivity contribution in [2.75, 3.05) is 25.0 Å². The second-order valence-electron chi connectivity index (χ2n) is 9.42. The molecule has 0 spiro atoms. The number of hydrogen-bond donors (Lipinski definition) is 2. The van der Waals surface area contributed by atoms with Crippen molar-refractivity contribution in [3.63, 3.8) is 0 Å². The molecule has 1 atom stereocenters. The topological polar surface area (TPSA) is 80.0 Å². The zero-order chi connectivity index (χ0) is 26.9. The SMILES string of the molecule is Cc1c(-c2cnn(C)c2)nn(-c2ccccc2)c1NC(=O)NC1CN(CC(F)(F)F)CCc2ccccc21. The van der Waals surface area contributed by atoms with E-state index in [2.05, 4.69) is 15.7 Å². The molecule has 0 fully saturated rings. The molecule has 2 aromatic heterocycles. The highest BCUT2D eigenvalue weighted by Crippen LogP contribution is 2.31. The fourth-order valence-electron chi connectivity index (χ4n) is 4.87. The quantitative estimate of drug-likeness (QED) is 0.392. The summed E-state index contributed by atoms with van der Waals surface area (Å²) in [4.78, 5) is 14.7. The molecule has 11 heteroatoms. The van der Waals surface area contributed by atoms with Crippen LogP contribution in [0, 0.1) is 6.92 Å². The molecular weight excluding hydrogens is 495 g/mol. The molecule has 8 nitrogen and oxygen atoms in total. The van der Waals surface area contributed by atoms with Gasteiger partial charge in [0.2, 0.25) is 0 Å². The van der Waals surface area contributed by atoms with Gasteiger partial charge >= 0.3 is 12.2 Å². The number of urea groups is 1. The summed E-state index contributed by atoms with van der Waals surface area (Å²) in [5.41, 5.74) is 4.68. The molecule has 5 rings (SSSR count). The third-order valence-corrected chi connectivity index (χ3v) is 6.61. The Hall–Kier alpha value is -4.12. The van der Waals surface area contributed by atoms with Crippen molar-refractivity contribution < 1.29 is 18.0 Å². The van der Waals surface area contributed by atoms with Crippen LogP contribution in [-0.4, -0.2) is 56.3 Å². The summed E-state index contributed by atoms with van der Waals surface area (Å²) >= 11 is 0. The third kappa shape index (κ3) is 5.57. The molecule has 0 saturated heterocycles. The predicted molar refractivity (Wildman–Crippen MR) is 138 cm³/mol. The van der Waals surface area contributed by atoms with Crippen LogP contribution in [0.5, 0.6) is 0 Å².